The molecule has 1 aliphatic heterocycles. The normalized spacial score (nSPS) is 16.2. The number of aromatic nitrogens is 8. The van der Waals surface area contributed by atoms with Crippen LogP contribution in [0.15, 0.2) is 53.7 Å². The van der Waals surface area contributed by atoms with Crippen molar-refractivity contribution in [3.63, 3.8) is 0 Å². The van der Waals surface area contributed by atoms with Crippen molar-refractivity contribution < 1.29 is 32.3 Å². The number of aromatic hydroxyl groups is 1. The minimum Gasteiger partial charge on any atom is -0.504 e. The molecule has 1 aliphatic carbocycles. The van der Waals surface area contributed by atoms with E-state index in [2.05, 4.69) is 35.3 Å². The van der Waals surface area contributed by atoms with Gasteiger partial charge in [0.2, 0.25) is 11.7 Å². The fraction of sp³-hybridized carbons (Fsp3) is 0.325. The first-order chi connectivity index (χ1) is 28.0. The number of piperidine rings is 1. The number of fused-ring (bicyclic) bond motifs is 3. The maximum Gasteiger partial charge on any atom is 0.416 e. The number of carbonyl (C=O) groups is 2. The van der Waals surface area contributed by atoms with E-state index in [-0.39, 0.29) is 69.7 Å². The summed E-state index contributed by atoms with van der Waals surface area (Å²) in [6, 6.07) is 7.49. The number of hydrogen-bond acceptors (Lipinski definition) is 10. The van der Waals surface area contributed by atoms with Gasteiger partial charge in [-0.2, -0.15) is 22.7 Å². The van der Waals surface area contributed by atoms with Crippen molar-refractivity contribution in [3.8, 4) is 28.4 Å². The van der Waals surface area contributed by atoms with Crippen molar-refractivity contribution in [1.29, 1.82) is 0 Å². The molecule has 2 amide bonds. The van der Waals surface area contributed by atoms with E-state index < -0.39 is 46.9 Å². The standard InChI is InChI=1S/C40H35ClF4N10O4/c1-19-15-39(9-11-53(12-10-39)37(59)32-34(57)31(47-18-48-32)23-6-5-20(2)46-16-23)29-33(19)54(17-28(56)50-27-8-7-24(14-26(27)41)40(43,44)45)38-51-35(52-55(38)36(29)58)25-13-21(3)49-22(4)30(25)42/h5-8,13-14,16,18-19,57H,9-12,15,17H2,1-4H3,(H,50,56). The van der Waals surface area contributed by atoms with E-state index in [0.29, 0.717) is 47.8 Å². The Morgan fingerprint density at radius 1 is 1.02 bits per heavy atom. The Kier molecular flexibility index (Phi) is 9.72. The van der Waals surface area contributed by atoms with Crippen LogP contribution in [0.2, 0.25) is 5.02 Å². The molecular weight excluding hydrogens is 796 g/mol. The molecule has 14 nitrogen and oxygen atoms in total. The summed E-state index contributed by atoms with van der Waals surface area (Å²) in [6.07, 6.45) is -0.800. The summed E-state index contributed by atoms with van der Waals surface area (Å²) in [5.74, 6) is -2.79. The smallest absolute Gasteiger partial charge is 0.416 e. The average molecular weight is 831 g/mol. The van der Waals surface area contributed by atoms with Crippen molar-refractivity contribution in [2.75, 3.05) is 18.4 Å². The fourth-order valence-corrected chi connectivity index (χ4v) is 8.56. The molecule has 0 bridgehead atoms. The predicted molar refractivity (Wildman–Crippen MR) is 207 cm³/mol. The predicted octanol–water partition coefficient (Wildman–Crippen LogP) is 6.57. The van der Waals surface area contributed by atoms with Crippen LogP contribution in [0.25, 0.3) is 28.4 Å². The lowest BCUT2D eigenvalue weighted by molar-refractivity contribution is -0.137. The van der Waals surface area contributed by atoms with E-state index in [9.17, 15) is 32.7 Å². The highest BCUT2D eigenvalue weighted by molar-refractivity contribution is 6.33. The molecule has 1 saturated heterocycles. The van der Waals surface area contributed by atoms with Crippen LogP contribution in [-0.2, 0) is 22.9 Å². The molecule has 8 rings (SSSR count). The van der Waals surface area contributed by atoms with Gasteiger partial charge in [0, 0.05) is 52.9 Å². The number of halogens is 5. The Morgan fingerprint density at radius 2 is 1.76 bits per heavy atom. The average Bonchev–Trinajstić information content (AvgIpc) is 3.75. The summed E-state index contributed by atoms with van der Waals surface area (Å²) >= 11 is 6.17. The molecule has 6 heterocycles. The maximum absolute atomic E-state index is 15.5. The van der Waals surface area contributed by atoms with Crippen molar-refractivity contribution in [3.05, 3.63) is 110 Å². The maximum atomic E-state index is 15.5. The van der Waals surface area contributed by atoms with Gasteiger partial charge in [-0.3, -0.25) is 24.4 Å². The molecule has 2 N–H and O–H groups in total. The van der Waals surface area contributed by atoms with Gasteiger partial charge in [0.25, 0.3) is 11.5 Å². The molecule has 0 saturated carbocycles. The van der Waals surface area contributed by atoms with Crippen LogP contribution in [0.4, 0.5) is 23.2 Å². The number of nitrogens with zero attached hydrogens (tertiary/aromatic N) is 9. The van der Waals surface area contributed by atoms with Crippen LogP contribution in [0.3, 0.4) is 0 Å². The third kappa shape index (κ3) is 6.93. The first-order valence-corrected chi connectivity index (χ1v) is 18.9. The largest absolute Gasteiger partial charge is 0.504 e. The lowest BCUT2D eigenvalue weighted by atomic mass is 9.73. The highest BCUT2D eigenvalue weighted by Crippen LogP contribution is 2.51. The molecule has 0 radical (unpaired) electrons. The number of amides is 2. The van der Waals surface area contributed by atoms with Gasteiger partial charge >= 0.3 is 6.18 Å². The van der Waals surface area contributed by atoms with Gasteiger partial charge in [-0.05, 0) is 82.3 Å². The Morgan fingerprint density at radius 3 is 2.44 bits per heavy atom. The molecule has 1 fully saturated rings. The lowest BCUT2D eigenvalue weighted by Gasteiger charge is -2.39. The van der Waals surface area contributed by atoms with Gasteiger partial charge in [-0.1, -0.05) is 18.5 Å². The van der Waals surface area contributed by atoms with Gasteiger partial charge in [0.1, 0.15) is 18.6 Å². The number of alkyl halides is 3. The zero-order valence-corrected chi connectivity index (χ0v) is 32.8. The highest BCUT2D eigenvalue weighted by atomic mass is 35.5. The number of rotatable bonds is 6. The number of carbonyl (C=O) groups excluding carboxylic acids is 2. The molecule has 1 unspecified atom stereocenters. The first kappa shape index (κ1) is 39.5. The van der Waals surface area contributed by atoms with E-state index in [1.165, 1.54) is 23.9 Å². The Labute approximate surface area is 338 Å². The van der Waals surface area contributed by atoms with Crippen LogP contribution in [0.5, 0.6) is 5.75 Å². The van der Waals surface area contributed by atoms with Gasteiger partial charge in [0.05, 0.1) is 27.5 Å². The summed E-state index contributed by atoms with van der Waals surface area (Å²) in [7, 11) is 0. The molecule has 19 heteroatoms. The molecule has 1 spiro atoms. The Balaban J connectivity index is 1.16. The molecule has 2 aliphatic rings. The van der Waals surface area contributed by atoms with E-state index in [1.807, 2.05) is 13.8 Å². The number of aryl methyl sites for hydroxylation is 3. The number of likely N-dealkylation sites (tertiary alicyclic amines) is 1. The fourth-order valence-electron chi connectivity index (χ4n) is 8.34. The SMILES string of the molecule is Cc1ccc(-c2ncnc(C(=O)N3CCC4(CC3)CC(C)c3c4c(=O)n4nc(-c5cc(C)nc(C)c5F)nc4n3CC(=O)Nc3ccc(C(F)(F)F)cc3Cl)c2O)cn1. The third-order valence-electron chi connectivity index (χ3n) is 11.1. The Hall–Kier alpha value is -6.30. The topological polar surface area (TPSA) is 173 Å². The van der Waals surface area contributed by atoms with Gasteiger partial charge in [0.15, 0.2) is 23.1 Å². The zero-order chi connectivity index (χ0) is 42.1. The zero-order valence-electron chi connectivity index (χ0n) is 32.0. The molecule has 1 atom stereocenters. The van der Waals surface area contributed by atoms with Crippen LogP contribution in [0, 0.1) is 26.6 Å². The van der Waals surface area contributed by atoms with Gasteiger partial charge in [-0.25, -0.2) is 14.4 Å². The quantitative estimate of drug-likeness (QED) is 0.175. The van der Waals surface area contributed by atoms with Crippen LogP contribution >= 0.6 is 11.6 Å². The van der Waals surface area contributed by atoms with Crippen LogP contribution in [-0.4, -0.2) is 74.0 Å². The van der Waals surface area contributed by atoms with E-state index in [0.717, 1.165) is 22.3 Å². The van der Waals surface area contributed by atoms with Crippen LogP contribution in [0.1, 0.15) is 76.5 Å². The van der Waals surface area contributed by atoms with E-state index >= 15 is 4.39 Å². The van der Waals surface area contributed by atoms with Crippen molar-refractivity contribution >= 4 is 34.9 Å². The summed E-state index contributed by atoms with van der Waals surface area (Å²) in [5.41, 5.74) is 0.297. The summed E-state index contributed by atoms with van der Waals surface area (Å²) in [5, 5.41) is 17.8. The van der Waals surface area contributed by atoms with E-state index in [1.54, 1.807) is 30.2 Å². The lowest BCUT2D eigenvalue weighted by Crippen LogP contribution is -2.46. The van der Waals surface area contributed by atoms with Crippen molar-refractivity contribution in [2.45, 2.75) is 71.0 Å². The number of anilines is 1. The van der Waals surface area contributed by atoms with Gasteiger partial charge < -0.3 is 19.9 Å². The summed E-state index contributed by atoms with van der Waals surface area (Å²) in [4.78, 5) is 65.1. The molecule has 1 aromatic carbocycles. The monoisotopic (exact) mass is 830 g/mol. The van der Waals surface area contributed by atoms with Crippen LogP contribution < -0.4 is 10.9 Å². The highest BCUT2D eigenvalue weighted by Gasteiger charge is 2.49. The summed E-state index contributed by atoms with van der Waals surface area (Å²) in [6.45, 7) is 6.78. The molecule has 59 heavy (non-hydrogen) atoms. The van der Waals surface area contributed by atoms with E-state index in [4.69, 9.17) is 11.6 Å². The Bertz CT molecular complexity index is 2760. The minimum atomic E-state index is -4.65. The second-order valence-electron chi connectivity index (χ2n) is 15.0. The number of pyridine rings is 2. The third-order valence-corrected chi connectivity index (χ3v) is 11.4. The second kappa shape index (κ2) is 14.5. The first-order valence-electron chi connectivity index (χ1n) is 18.6. The molecule has 6 aromatic rings. The molecule has 304 valence electrons. The minimum absolute atomic E-state index is 0.00449. The second-order valence-corrected chi connectivity index (χ2v) is 15.4. The summed E-state index contributed by atoms with van der Waals surface area (Å²) < 4.78 is 58.0. The van der Waals surface area contributed by atoms with Crippen molar-refractivity contribution in [2.24, 2.45) is 0 Å². The number of benzene rings is 1. The number of hydrogen-bond donors (Lipinski definition) is 2. The van der Waals surface area contributed by atoms with Crippen molar-refractivity contribution in [1.82, 2.24) is 44.0 Å². The van der Waals surface area contributed by atoms with Gasteiger partial charge in [-0.15, -0.1) is 5.10 Å². The molecule has 5 aromatic heterocycles. The molecular formula is C40H35ClF4N10O4. The number of nitrogens with one attached hydrogen (secondary N) is 1.